The van der Waals surface area contributed by atoms with E-state index >= 15 is 0 Å². The van der Waals surface area contributed by atoms with Crippen LogP contribution in [0, 0.1) is 17.7 Å². The van der Waals surface area contributed by atoms with E-state index in [1.807, 2.05) is 13.8 Å². The van der Waals surface area contributed by atoms with Gasteiger partial charge in [-0.05, 0) is 43.0 Å². The normalized spacial score (nSPS) is 16.5. The first-order valence-electron chi connectivity index (χ1n) is 9.68. The molecular weight excluding hydrogens is 379 g/mol. The van der Waals surface area contributed by atoms with Crippen molar-refractivity contribution in [3.8, 4) is 10.6 Å². The lowest BCUT2D eigenvalue weighted by Crippen LogP contribution is -2.49. The molecule has 0 unspecified atom stereocenters. The molecule has 2 N–H and O–H groups in total. The average molecular weight is 405 g/mol. The Hall–Kier alpha value is -2.35. The molecule has 1 aliphatic carbocycles. The van der Waals surface area contributed by atoms with Gasteiger partial charge in [0.2, 0.25) is 16.9 Å². The molecule has 1 aromatic carbocycles. The minimum absolute atomic E-state index is 0.00477. The summed E-state index contributed by atoms with van der Waals surface area (Å²) in [4.78, 5) is 25.3. The van der Waals surface area contributed by atoms with E-state index in [4.69, 9.17) is 0 Å². The summed E-state index contributed by atoms with van der Waals surface area (Å²) in [6, 6.07) is 5.33. The highest BCUT2D eigenvalue weighted by Gasteiger charge is 2.30. The van der Waals surface area contributed by atoms with Crippen molar-refractivity contribution in [2.45, 2.75) is 52.0 Å². The highest BCUT2D eigenvalue weighted by atomic mass is 32.1. The third-order valence-corrected chi connectivity index (χ3v) is 6.15. The highest BCUT2D eigenvalue weighted by molar-refractivity contribution is 7.18. The van der Waals surface area contributed by atoms with Crippen LogP contribution in [0.5, 0.6) is 0 Å². The molecule has 1 saturated carbocycles. The number of nitrogens with one attached hydrogen (secondary N) is 2. The largest absolute Gasteiger partial charge is 0.344 e. The van der Waals surface area contributed by atoms with Gasteiger partial charge in [-0.25, -0.2) is 4.39 Å². The molecule has 0 bridgehead atoms. The second kappa shape index (κ2) is 9.23. The third kappa shape index (κ3) is 4.92. The molecule has 0 aliphatic heterocycles. The van der Waals surface area contributed by atoms with E-state index in [0.29, 0.717) is 10.1 Å². The molecule has 1 heterocycles. The van der Waals surface area contributed by atoms with Crippen molar-refractivity contribution >= 4 is 28.3 Å². The Morgan fingerprint density at radius 2 is 1.89 bits per heavy atom. The van der Waals surface area contributed by atoms with E-state index in [1.165, 1.54) is 23.5 Å². The van der Waals surface area contributed by atoms with Crippen molar-refractivity contribution in [2.75, 3.05) is 5.32 Å². The number of nitrogens with zero attached hydrogens (tertiary/aromatic N) is 2. The van der Waals surface area contributed by atoms with Gasteiger partial charge in [0.15, 0.2) is 0 Å². The Morgan fingerprint density at radius 3 is 2.54 bits per heavy atom. The molecule has 2 atom stereocenters. The van der Waals surface area contributed by atoms with Gasteiger partial charge in [0.25, 0.3) is 0 Å². The summed E-state index contributed by atoms with van der Waals surface area (Å²) in [5, 5.41) is 14.7. The minimum atomic E-state index is -0.615. The van der Waals surface area contributed by atoms with Crippen LogP contribution in [0.3, 0.4) is 0 Å². The summed E-state index contributed by atoms with van der Waals surface area (Å²) in [5.74, 6) is -0.651. The maximum Gasteiger partial charge on any atom is 0.249 e. The van der Waals surface area contributed by atoms with Gasteiger partial charge in [0, 0.05) is 11.5 Å². The second-order valence-electron chi connectivity index (χ2n) is 7.26. The van der Waals surface area contributed by atoms with Gasteiger partial charge in [0.05, 0.1) is 0 Å². The standard InChI is InChI=1S/C20H25FN4O2S/c1-3-12(2)16(22-17(26)13-6-4-5-7-13)18(27)23-20-25-24-19(28-20)14-8-10-15(21)11-9-14/h8-13,16H,3-7H2,1-2H3,(H,22,26)(H,23,25,27)/t12-,16+/m0/s1. The Bertz CT molecular complexity index is 818. The fourth-order valence-electron chi connectivity index (χ4n) is 3.33. The minimum Gasteiger partial charge on any atom is -0.344 e. The molecule has 2 amide bonds. The molecule has 28 heavy (non-hydrogen) atoms. The Balaban J connectivity index is 1.67. The lowest BCUT2D eigenvalue weighted by molar-refractivity contribution is -0.130. The Kier molecular flexibility index (Phi) is 6.72. The Labute approximate surface area is 167 Å². The SMILES string of the molecule is CC[C@H](C)[C@@H](NC(=O)C1CCCC1)C(=O)Nc1nnc(-c2ccc(F)cc2)s1. The summed E-state index contributed by atoms with van der Waals surface area (Å²) in [7, 11) is 0. The number of carbonyl (C=O) groups is 2. The van der Waals surface area contributed by atoms with Crippen molar-refractivity contribution in [2.24, 2.45) is 11.8 Å². The molecule has 3 rings (SSSR count). The molecule has 2 aromatic rings. The van der Waals surface area contributed by atoms with Crippen LogP contribution in [-0.2, 0) is 9.59 Å². The van der Waals surface area contributed by atoms with Gasteiger partial charge >= 0.3 is 0 Å². The van der Waals surface area contributed by atoms with Crippen molar-refractivity contribution in [1.82, 2.24) is 15.5 Å². The van der Waals surface area contributed by atoms with Crippen LogP contribution in [0.25, 0.3) is 10.6 Å². The van der Waals surface area contributed by atoms with Gasteiger partial charge in [-0.1, -0.05) is 44.4 Å². The summed E-state index contributed by atoms with van der Waals surface area (Å²) < 4.78 is 13.1. The fraction of sp³-hybridized carbons (Fsp3) is 0.500. The molecule has 0 spiro atoms. The second-order valence-corrected chi connectivity index (χ2v) is 8.24. The van der Waals surface area contributed by atoms with E-state index in [2.05, 4.69) is 20.8 Å². The van der Waals surface area contributed by atoms with Crippen LogP contribution in [-0.4, -0.2) is 28.1 Å². The van der Waals surface area contributed by atoms with Gasteiger partial charge in [-0.15, -0.1) is 10.2 Å². The van der Waals surface area contributed by atoms with E-state index in [1.54, 1.807) is 12.1 Å². The molecule has 6 nitrogen and oxygen atoms in total. The maximum atomic E-state index is 13.1. The number of amides is 2. The zero-order chi connectivity index (χ0) is 20.1. The molecule has 1 fully saturated rings. The topological polar surface area (TPSA) is 84.0 Å². The number of anilines is 1. The lowest BCUT2D eigenvalue weighted by atomic mass is 9.97. The van der Waals surface area contributed by atoms with Crippen LogP contribution >= 0.6 is 11.3 Å². The van der Waals surface area contributed by atoms with Gasteiger partial charge in [-0.2, -0.15) is 0 Å². The summed E-state index contributed by atoms with van der Waals surface area (Å²) in [6.45, 7) is 3.94. The predicted molar refractivity (Wildman–Crippen MR) is 107 cm³/mol. The highest BCUT2D eigenvalue weighted by Crippen LogP contribution is 2.27. The van der Waals surface area contributed by atoms with E-state index in [-0.39, 0.29) is 29.5 Å². The zero-order valence-corrected chi connectivity index (χ0v) is 16.9. The van der Waals surface area contributed by atoms with E-state index in [0.717, 1.165) is 37.7 Å². The molecule has 1 aromatic heterocycles. The van der Waals surface area contributed by atoms with Crippen LogP contribution in [0.15, 0.2) is 24.3 Å². The molecular formula is C20H25FN4O2S. The molecule has 1 aliphatic rings. The number of rotatable bonds is 7. The van der Waals surface area contributed by atoms with E-state index < -0.39 is 6.04 Å². The van der Waals surface area contributed by atoms with Crippen molar-refractivity contribution in [3.05, 3.63) is 30.1 Å². The van der Waals surface area contributed by atoms with Crippen LogP contribution < -0.4 is 10.6 Å². The predicted octanol–water partition coefficient (Wildman–Crippen LogP) is 4.00. The number of hydrogen-bond acceptors (Lipinski definition) is 5. The zero-order valence-electron chi connectivity index (χ0n) is 16.1. The van der Waals surface area contributed by atoms with Crippen molar-refractivity contribution in [3.63, 3.8) is 0 Å². The molecule has 8 heteroatoms. The lowest BCUT2D eigenvalue weighted by Gasteiger charge is -2.24. The quantitative estimate of drug-likeness (QED) is 0.730. The van der Waals surface area contributed by atoms with Crippen LogP contribution in [0.4, 0.5) is 9.52 Å². The van der Waals surface area contributed by atoms with Crippen LogP contribution in [0.1, 0.15) is 46.0 Å². The number of halogens is 1. The number of aromatic nitrogens is 2. The van der Waals surface area contributed by atoms with Gasteiger partial charge in [-0.3, -0.25) is 14.9 Å². The number of carbonyl (C=O) groups excluding carboxylic acids is 2. The summed E-state index contributed by atoms with van der Waals surface area (Å²) >= 11 is 1.21. The number of benzene rings is 1. The van der Waals surface area contributed by atoms with Crippen molar-refractivity contribution < 1.29 is 14.0 Å². The smallest absolute Gasteiger partial charge is 0.249 e. The fourth-order valence-corrected chi connectivity index (χ4v) is 4.08. The molecule has 0 radical (unpaired) electrons. The van der Waals surface area contributed by atoms with Gasteiger partial charge < -0.3 is 5.32 Å². The summed E-state index contributed by atoms with van der Waals surface area (Å²) in [5.41, 5.74) is 0.729. The first-order valence-corrected chi connectivity index (χ1v) is 10.5. The first-order chi connectivity index (χ1) is 13.5. The van der Waals surface area contributed by atoms with Crippen LogP contribution in [0.2, 0.25) is 0 Å². The molecule has 0 saturated heterocycles. The first kappa shape index (κ1) is 20.4. The third-order valence-electron chi connectivity index (χ3n) is 5.27. The van der Waals surface area contributed by atoms with Gasteiger partial charge in [0.1, 0.15) is 16.9 Å². The molecule has 150 valence electrons. The number of hydrogen-bond donors (Lipinski definition) is 2. The average Bonchev–Trinajstić information content (AvgIpc) is 3.38. The van der Waals surface area contributed by atoms with Crippen molar-refractivity contribution in [1.29, 1.82) is 0 Å². The maximum absolute atomic E-state index is 13.1. The monoisotopic (exact) mass is 404 g/mol. The Morgan fingerprint density at radius 1 is 1.21 bits per heavy atom. The van der Waals surface area contributed by atoms with E-state index in [9.17, 15) is 14.0 Å². The summed E-state index contributed by atoms with van der Waals surface area (Å²) in [6.07, 6.45) is 4.67.